The SMILES string of the molecule is CC(=O)C(N)CCC(=O)NSC(=O)C(N)CCC(N)=O. The maximum atomic E-state index is 11.5. The Balaban J connectivity index is 3.91. The Morgan fingerprint density at radius 1 is 1.05 bits per heavy atom. The summed E-state index contributed by atoms with van der Waals surface area (Å²) in [6.07, 6.45) is 0.391. The Morgan fingerprint density at radius 3 is 2.10 bits per heavy atom. The highest BCUT2D eigenvalue weighted by Gasteiger charge is 2.17. The van der Waals surface area contributed by atoms with Gasteiger partial charge in [-0.2, -0.15) is 0 Å². The number of nitrogens with two attached hydrogens (primary N) is 3. The average molecular weight is 304 g/mol. The first-order valence-electron chi connectivity index (χ1n) is 6.03. The summed E-state index contributed by atoms with van der Waals surface area (Å²) in [6, 6.07) is -1.55. The first kappa shape index (κ1) is 18.6. The van der Waals surface area contributed by atoms with Crippen molar-refractivity contribution in [2.75, 3.05) is 0 Å². The van der Waals surface area contributed by atoms with Gasteiger partial charge in [-0.1, -0.05) is 0 Å². The molecule has 2 amide bonds. The van der Waals surface area contributed by atoms with Crippen LogP contribution in [0.1, 0.15) is 32.6 Å². The molecule has 9 heteroatoms. The zero-order chi connectivity index (χ0) is 15.7. The molecule has 0 heterocycles. The number of primary amides is 1. The molecule has 0 fully saturated rings. The van der Waals surface area contributed by atoms with Gasteiger partial charge in [-0.25, -0.2) is 0 Å². The monoisotopic (exact) mass is 304 g/mol. The van der Waals surface area contributed by atoms with Gasteiger partial charge in [0.15, 0.2) is 0 Å². The van der Waals surface area contributed by atoms with Gasteiger partial charge in [0.05, 0.1) is 12.1 Å². The number of Topliss-reactive ketones (excluding diaryl/α,β-unsaturated/α-hetero) is 1. The lowest BCUT2D eigenvalue weighted by atomic mass is 10.1. The van der Waals surface area contributed by atoms with E-state index in [1.165, 1.54) is 6.92 Å². The van der Waals surface area contributed by atoms with Gasteiger partial charge in [0, 0.05) is 24.8 Å². The van der Waals surface area contributed by atoms with Crippen LogP contribution in [-0.2, 0) is 19.2 Å². The van der Waals surface area contributed by atoms with Gasteiger partial charge in [-0.3, -0.25) is 23.9 Å². The van der Waals surface area contributed by atoms with E-state index in [4.69, 9.17) is 17.2 Å². The molecule has 114 valence electrons. The maximum absolute atomic E-state index is 11.5. The molecule has 0 saturated carbocycles. The van der Waals surface area contributed by atoms with E-state index in [2.05, 4.69) is 4.72 Å². The fraction of sp³-hybridized carbons (Fsp3) is 0.636. The van der Waals surface area contributed by atoms with E-state index in [0.29, 0.717) is 11.9 Å². The summed E-state index contributed by atoms with van der Waals surface area (Å²) >= 11 is 0.563. The molecule has 0 aliphatic carbocycles. The molecule has 20 heavy (non-hydrogen) atoms. The normalized spacial score (nSPS) is 13.3. The van der Waals surface area contributed by atoms with Gasteiger partial charge >= 0.3 is 0 Å². The number of hydrogen-bond donors (Lipinski definition) is 4. The third-order valence-electron chi connectivity index (χ3n) is 2.47. The molecule has 0 rings (SSSR count). The lowest BCUT2D eigenvalue weighted by Gasteiger charge is -2.10. The maximum Gasteiger partial charge on any atom is 0.230 e. The highest BCUT2D eigenvalue weighted by Crippen LogP contribution is 2.06. The van der Waals surface area contributed by atoms with Crippen LogP contribution in [0, 0.1) is 0 Å². The first-order valence-corrected chi connectivity index (χ1v) is 6.85. The van der Waals surface area contributed by atoms with Crippen molar-refractivity contribution in [3.63, 3.8) is 0 Å². The molecular formula is C11H20N4O4S. The molecule has 8 nitrogen and oxygen atoms in total. The fourth-order valence-electron chi connectivity index (χ4n) is 1.14. The lowest BCUT2D eigenvalue weighted by molar-refractivity contribution is -0.121. The second-order valence-corrected chi connectivity index (χ2v) is 5.12. The lowest BCUT2D eigenvalue weighted by Crippen LogP contribution is -2.33. The molecule has 7 N–H and O–H groups in total. The number of rotatable bonds is 8. The van der Waals surface area contributed by atoms with Crippen LogP contribution < -0.4 is 21.9 Å². The number of ketones is 1. The van der Waals surface area contributed by atoms with E-state index in [0.717, 1.165) is 0 Å². The topological polar surface area (TPSA) is 158 Å². The van der Waals surface area contributed by atoms with Crippen LogP contribution in [0.4, 0.5) is 0 Å². The van der Waals surface area contributed by atoms with Crippen LogP contribution >= 0.6 is 11.9 Å². The molecule has 0 saturated heterocycles. The van der Waals surface area contributed by atoms with Crippen LogP contribution in [0.3, 0.4) is 0 Å². The van der Waals surface area contributed by atoms with Crippen molar-refractivity contribution in [1.29, 1.82) is 0 Å². The molecule has 0 aromatic heterocycles. The smallest absolute Gasteiger partial charge is 0.230 e. The standard InChI is InChI=1S/C11H20N4O4S/c1-6(16)7(12)3-5-10(18)15-20-11(19)8(13)2-4-9(14)17/h7-8H,2-5,12-13H2,1H3,(H2,14,17)(H,15,18). The molecule has 0 aliphatic rings. The Morgan fingerprint density at radius 2 is 1.60 bits per heavy atom. The zero-order valence-corrected chi connectivity index (χ0v) is 12.1. The third-order valence-corrected chi connectivity index (χ3v) is 3.31. The summed E-state index contributed by atoms with van der Waals surface area (Å²) in [5.74, 6) is -1.15. The van der Waals surface area contributed by atoms with Crippen LogP contribution in [-0.4, -0.2) is 34.8 Å². The van der Waals surface area contributed by atoms with Gasteiger partial charge < -0.3 is 17.2 Å². The van der Waals surface area contributed by atoms with Crippen molar-refractivity contribution in [3.05, 3.63) is 0 Å². The van der Waals surface area contributed by atoms with E-state index in [1.807, 2.05) is 0 Å². The van der Waals surface area contributed by atoms with E-state index >= 15 is 0 Å². The summed E-state index contributed by atoms with van der Waals surface area (Å²) in [7, 11) is 0. The molecule has 0 aliphatic heterocycles. The predicted molar refractivity (Wildman–Crippen MR) is 75.0 cm³/mol. The first-order chi connectivity index (χ1) is 9.23. The highest BCUT2D eigenvalue weighted by atomic mass is 32.2. The minimum atomic E-state index is -0.868. The van der Waals surface area contributed by atoms with Crippen molar-refractivity contribution >= 4 is 34.7 Å². The molecule has 0 radical (unpaired) electrons. The zero-order valence-electron chi connectivity index (χ0n) is 11.3. The Bertz CT molecular complexity index is 389. The molecule has 0 aromatic rings. The van der Waals surface area contributed by atoms with Crippen molar-refractivity contribution < 1.29 is 19.2 Å². The van der Waals surface area contributed by atoms with Gasteiger partial charge in [-0.15, -0.1) is 0 Å². The van der Waals surface area contributed by atoms with Crippen LogP contribution in [0.5, 0.6) is 0 Å². The van der Waals surface area contributed by atoms with Gasteiger partial charge in [0.1, 0.15) is 5.78 Å². The fourth-order valence-corrected chi connectivity index (χ4v) is 1.73. The summed E-state index contributed by atoms with van der Waals surface area (Å²) in [4.78, 5) is 44.3. The third kappa shape index (κ3) is 8.62. The number of amides is 2. The number of carbonyl (C=O) groups excluding carboxylic acids is 4. The Labute approximate surface area is 121 Å². The summed E-state index contributed by atoms with van der Waals surface area (Å²) in [6.45, 7) is 1.35. The number of hydrogen-bond acceptors (Lipinski definition) is 7. The van der Waals surface area contributed by atoms with E-state index in [-0.39, 0.29) is 31.5 Å². The quantitative estimate of drug-likeness (QED) is 0.400. The predicted octanol–water partition coefficient (Wildman–Crippen LogP) is -1.43. The molecular weight excluding hydrogens is 284 g/mol. The molecule has 2 unspecified atom stereocenters. The molecule has 0 spiro atoms. The van der Waals surface area contributed by atoms with Crippen LogP contribution in [0.15, 0.2) is 0 Å². The minimum Gasteiger partial charge on any atom is -0.370 e. The molecule has 0 bridgehead atoms. The number of carbonyl (C=O) groups is 4. The summed E-state index contributed by atoms with van der Waals surface area (Å²) in [5, 5.41) is -0.463. The van der Waals surface area contributed by atoms with Crippen molar-refractivity contribution in [2.24, 2.45) is 17.2 Å². The van der Waals surface area contributed by atoms with Gasteiger partial charge in [-0.05, 0) is 19.8 Å². The van der Waals surface area contributed by atoms with Crippen molar-refractivity contribution in [2.45, 2.75) is 44.7 Å². The minimum absolute atomic E-state index is 0.00881. The molecule has 0 aromatic carbocycles. The van der Waals surface area contributed by atoms with Gasteiger partial charge in [0.2, 0.25) is 16.9 Å². The Kier molecular flexibility index (Phi) is 8.77. The second kappa shape index (κ2) is 9.45. The van der Waals surface area contributed by atoms with Crippen LogP contribution in [0.25, 0.3) is 0 Å². The average Bonchev–Trinajstić information content (AvgIpc) is 2.38. The van der Waals surface area contributed by atoms with E-state index < -0.39 is 29.0 Å². The summed E-state index contributed by atoms with van der Waals surface area (Å²) < 4.78 is 2.31. The summed E-state index contributed by atoms with van der Waals surface area (Å²) in [5.41, 5.74) is 15.9. The van der Waals surface area contributed by atoms with E-state index in [1.54, 1.807) is 0 Å². The Hall–Kier alpha value is -1.45. The van der Waals surface area contributed by atoms with E-state index in [9.17, 15) is 19.2 Å². The highest BCUT2D eigenvalue weighted by molar-refractivity contribution is 8.12. The second-order valence-electron chi connectivity index (χ2n) is 4.31. The largest absolute Gasteiger partial charge is 0.370 e. The van der Waals surface area contributed by atoms with Gasteiger partial charge in [0.25, 0.3) is 0 Å². The molecule has 2 atom stereocenters. The van der Waals surface area contributed by atoms with Crippen LogP contribution in [0.2, 0.25) is 0 Å². The van der Waals surface area contributed by atoms with Crippen molar-refractivity contribution in [3.8, 4) is 0 Å². The van der Waals surface area contributed by atoms with Crippen molar-refractivity contribution in [1.82, 2.24) is 4.72 Å². The number of nitrogens with one attached hydrogen (secondary N) is 1.